The van der Waals surface area contributed by atoms with Crippen LogP contribution in [0.4, 0.5) is 11.4 Å². The van der Waals surface area contributed by atoms with Crippen molar-refractivity contribution < 1.29 is 0 Å². The van der Waals surface area contributed by atoms with Crippen LogP contribution in [0.2, 0.25) is 0 Å². The molecule has 0 saturated heterocycles. The third-order valence-electron chi connectivity index (χ3n) is 12.7. The van der Waals surface area contributed by atoms with Crippen molar-refractivity contribution in [2.45, 2.75) is 12.5 Å². The summed E-state index contributed by atoms with van der Waals surface area (Å²) in [7, 11) is 0. The van der Waals surface area contributed by atoms with Gasteiger partial charge in [-0.3, -0.25) is 0 Å². The van der Waals surface area contributed by atoms with Gasteiger partial charge in [0.1, 0.15) is 0 Å². The van der Waals surface area contributed by atoms with Gasteiger partial charge in [0.2, 0.25) is 0 Å². The highest BCUT2D eigenvalue weighted by Gasteiger charge is 2.29. The van der Waals surface area contributed by atoms with Gasteiger partial charge in [-0.15, -0.1) is 0 Å². The van der Waals surface area contributed by atoms with Gasteiger partial charge in [0, 0.05) is 11.4 Å². The molecule has 1 heteroatoms. The number of rotatable bonds is 9. The van der Waals surface area contributed by atoms with E-state index >= 15 is 0 Å². The number of fused-ring (bicyclic) bond motifs is 2. The summed E-state index contributed by atoms with van der Waals surface area (Å²) < 4.78 is 0. The summed E-state index contributed by atoms with van der Waals surface area (Å²) in [4.78, 5) is 2.56. The lowest BCUT2D eigenvalue weighted by molar-refractivity contribution is 0.813. The van der Waals surface area contributed by atoms with Gasteiger partial charge >= 0.3 is 0 Å². The molecule has 1 atom stereocenters. The van der Waals surface area contributed by atoms with Crippen LogP contribution in [-0.2, 0) is 0 Å². The zero-order valence-electron chi connectivity index (χ0n) is 35.0. The highest BCUT2D eigenvalue weighted by atomic mass is 15.2. The number of anilines is 2. The summed E-state index contributed by atoms with van der Waals surface area (Å²) in [6, 6.07) is 88.6. The van der Waals surface area contributed by atoms with E-state index in [0.29, 0.717) is 0 Å². The van der Waals surface area contributed by atoms with Crippen molar-refractivity contribution in [3.63, 3.8) is 0 Å². The van der Waals surface area contributed by atoms with Crippen LogP contribution in [0.5, 0.6) is 0 Å². The molecule has 0 aromatic heterocycles. The van der Waals surface area contributed by atoms with Gasteiger partial charge in [-0.25, -0.2) is 0 Å². The molecular formula is C62H45N. The summed E-state index contributed by atoms with van der Waals surface area (Å²) in [5.74, 6) is 0. The van der Waals surface area contributed by atoms with Gasteiger partial charge in [-0.2, -0.15) is 0 Å². The van der Waals surface area contributed by atoms with Crippen LogP contribution in [0.25, 0.3) is 77.2 Å². The van der Waals surface area contributed by atoms with Crippen LogP contribution < -0.4 is 4.90 Å². The number of benzene rings is 10. The molecule has 0 N–H and O–H groups in total. The molecule has 0 radical (unpaired) electrons. The van der Waals surface area contributed by atoms with Crippen molar-refractivity contribution in [2.24, 2.45) is 0 Å². The SMILES string of the molecule is C1=C(c2ccc3ccccc3c2)CC(N(c2ccc(-c3cccc(-c4ccccc4)c3)cc2)c2ccc(-c3cccc(-c4cccc5ccccc45)c3)cc2)C(c2ccccc2)=C1. The fraction of sp³-hybridized carbons (Fsp3) is 0.0323. The van der Waals surface area contributed by atoms with Crippen molar-refractivity contribution >= 4 is 44.1 Å². The first-order chi connectivity index (χ1) is 31.2. The molecule has 0 amide bonds. The van der Waals surface area contributed by atoms with Crippen molar-refractivity contribution in [1.29, 1.82) is 0 Å². The lowest BCUT2D eigenvalue weighted by atomic mass is 9.84. The standard InChI is InChI=1S/C62H45N/c1-3-14-44(15-4-1)51-22-11-23-52(40-51)46-30-35-57(36-31-46)63(58-37-32-47(33-38-58)53-24-12-25-56(42-53)60-27-13-21-48-19-9-10-26-59(48)60)62-43-55(34-39-61(62)49-17-5-2-6-18-49)54-29-28-45-16-7-8-20-50(45)41-54/h1-42,62H,43H2. The van der Waals surface area contributed by atoms with E-state index in [1.165, 1.54) is 88.3 Å². The zero-order valence-corrected chi connectivity index (χ0v) is 35.0. The summed E-state index contributed by atoms with van der Waals surface area (Å²) in [6.45, 7) is 0. The molecule has 0 bridgehead atoms. The minimum absolute atomic E-state index is 0.0201. The highest BCUT2D eigenvalue weighted by molar-refractivity contribution is 5.97. The molecule has 0 aliphatic heterocycles. The van der Waals surface area contributed by atoms with Gasteiger partial charge in [0.05, 0.1) is 6.04 Å². The van der Waals surface area contributed by atoms with Gasteiger partial charge in [0.25, 0.3) is 0 Å². The number of nitrogens with zero attached hydrogens (tertiary/aromatic N) is 1. The average Bonchev–Trinajstić information content (AvgIpc) is 3.37. The van der Waals surface area contributed by atoms with Crippen LogP contribution in [0, 0.1) is 0 Å². The van der Waals surface area contributed by atoms with Crippen LogP contribution >= 0.6 is 0 Å². The molecule has 11 rings (SSSR count). The maximum Gasteiger partial charge on any atom is 0.0637 e. The molecule has 10 aromatic carbocycles. The predicted octanol–water partition coefficient (Wildman–Crippen LogP) is 16.7. The van der Waals surface area contributed by atoms with E-state index in [1.807, 2.05) is 0 Å². The second-order valence-corrected chi connectivity index (χ2v) is 16.5. The molecule has 0 saturated carbocycles. The lowest BCUT2D eigenvalue weighted by Gasteiger charge is -2.38. The molecule has 63 heavy (non-hydrogen) atoms. The Hall–Kier alpha value is -8.00. The van der Waals surface area contributed by atoms with E-state index in [-0.39, 0.29) is 6.04 Å². The van der Waals surface area contributed by atoms with E-state index in [2.05, 4.69) is 260 Å². The molecular weight excluding hydrogens is 759 g/mol. The minimum atomic E-state index is 0.0201. The van der Waals surface area contributed by atoms with Gasteiger partial charge in [-0.05, 0) is 137 Å². The van der Waals surface area contributed by atoms with Crippen LogP contribution in [0.3, 0.4) is 0 Å². The molecule has 10 aromatic rings. The number of hydrogen-bond acceptors (Lipinski definition) is 1. The Labute approximate surface area is 370 Å². The predicted molar refractivity (Wildman–Crippen MR) is 269 cm³/mol. The summed E-state index contributed by atoms with van der Waals surface area (Å²) in [5.41, 5.74) is 17.1. The van der Waals surface area contributed by atoms with E-state index in [1.54, 1.807) is 0 Å². The largest absolute Gasteiger partial charge is 0.334 e. The van der Waals surface area contributed by atoms with Gasteiger partial charge in [0.15, 0.2) is 0 Å². The first kappa shape index (κ1) is 38.0. The topological polar surface area (TPSA) is 3.24 Å². The zero-order chi connectivity index (χ0) is 42.0. The van der Waals surface area contributed by atoms with Crippen molar-refractivity contribution in [3.05, 3.63) is 266 Å². The quantitative estimate of drug-likeness (QED) is 0.140. The Balaban J connectivity index is 1.00. The molecule has 0 spiro atoms. The maximum absolute atomic E-state index is 2.56. The average molecular weight is 804 g/mol. The van der Waals surface area contributed by atoms with E-state index in [4.69, 9.17) is 0 Å². The first-order valence-corrected chi connectivity index (χ1v) is 21.9. The van der Waals surface area contributed by atoms with Crippen LogP contribution in [0.1, 0.15) is 17.5 Å². The molecule has 1 nitrogen and oxygen atoms in total. The molecule has 1 aliphatic carbocycles. The van der Waals surface area contributed by atoms with Crippen LogP contribution in [0.15, 0.2) is 255 Å². The maximum atomic E-state index is 2.56. The third kappa shape index (κ3) is 7.67. The number of allylic oxidation sites excluding steroid dienone is 2. The Morgan fingerprint density at radius 2 is 0.778 bits per heavy atom. The van der Waals surface area contributed by atoms with Crippen molar-refractivity contribution in [2.75, 3.05) is 4.90 Å². The monoisotopic (exact) mass is 803 g/mol. The van der Waals surface area contributed by atoms with Crippen molar-refractivity contribution in [1.82, 2.24) is 0 Å². The van der Waals surface area contributed by atoms with Gasteiger partial charge in [-0.1, -0.05) is 212 Å². The Morgan fingerprint density at radius 1 is 0.302 bits per heavy atom. The smallest absolute Gasteiger partial charge is 0.0637 e. The van der Waals surface area contributed by atoms with Crippen LogP contribution in [-0.4, -0.2) is 6.04 Å². The molecule has 1 unspecified atom stereocenters. The Morgan fingerprint density at radius 3 is 1.44 bits per heavy atom. The molecule has 298 valence electrons. The van der Waals surface area contributed by atoms with E-state index < -0.39 is 0 Å². The second-order valence-electron chi connectivity index (χ2n) is 16.5. The second kappa shape index (κ2) is 16.8. The normalized spacial score (nSPS) is 13.7. The summed E-state index contributed by atoms with van der Waals surface area (Å²) in [5, 5.41) is 5.04. The third-order valence-corrected chi connectivity index (χ3v) is 12.7. The Bertz CT molecular complexity index is 3280. The Kier molecular flexibility index (Phi) is 10.1. The minimum Gasteiger partial charge on any atom is -0.334 e. The summed E-state index contributed by atoms with van der Waals surface area (Å²) in [6.07, 6.45) is 5.54. The van der Waals surface area contributed by atoms with E-state index in [0.717, 1.165) is 17.8 Å². The highest BCUT2D eigenvalue weighted by Crippen LogP contribution is 2.43. The first-order valence-electron chi connectivity index (χ1n) is 21.9. The van der Waals surface area contributed by atoms with Crippen molar-refractivity contribution in [3.8, 4) is 44.5 Å². The fourth-order valence-electron chi connectivity index (χ4n) is 9.43. The summed E-state index contributed by atoms with van der Waals surface area (Å²) >= 11 is 0. The molecule has 1 aliphatic rings. The molecule has 0 heterocycles. The lowest BCUT2D eigenvalue weighted by Crippen LogP contribution is -2.33. The molecule has 0 fully saturated rings. The fourth-order valence-corrected chi connectivity index (χ4v) is 9.43. The van der Waals surface area contributed by atoms with E-state index in [9.17, 15) is 0 Å². The van der Waals surface area contributed by atoms with Gasteiger partial charge < -0.3 is 4.90 Å². The number of hydrogen-bond donors (Lipinski definition) is 0.